The van der Waals surface area contributed by atoms with Crippen molar-refractivity contribution in [3.05, 3.63) is 0 Å². The molecule has 0 amide bonds. The quantitative estimate of drug-likeness (QED) is 0.335. The molecule has 0 spiro atoms. The predicted octanol–water partition coefficient (Wildman–Crippen LogP) is 2.36. The molecule has 0 aromatic carbocycles. The average Bonchev–Trinajstić information content (AvgIpc) is 2.61. The molecule has 0 aromatic heterocycles. The molecule has 3 atom stereocenters. The van der Waals surface area contributed by atoms with Crippen molar-refractivity contribution in [3.8, 4) is 0 Å². The Morgan fingerprint density at radius 2 is 0.719 bits per heavy atom. The van der Waals surface area contributed by atoms with Crippen LogP contribution < -0.4 is 30.7 Å². The fraction of sp³-hybridized carbons (Fsp3) is 1.00. The summed E-state index contributed by atoms with van der Waals surface area (Å²) in [6.45, 7) is 12.1. The normalized spacial score (nSPS) is 14.5. The maximum Gasteiger partial charge on any atom is 3.00 e. The first kappa shape index (κ1) is 47.7. The van der Waals surface area contributed by atoms with E-state index in [1.54, 1.807) is 43.4 Å². The topological polar surface area (TPSA) is 105 Å². The molecule has 0 aromatic rings. The van der Waals surface area contributed by atoms with Gasteiger partial charge in [0.1, 0.15) is 0 Å². The Labute approximate surface area is 243 Å². The van der Waals surface area contributed by atoms with Crippen LogP contribution >= 0.6 is 81.2 Å². The molecule has 1 saturated heterocycles. The third-order valence-corrected chi connectivity index (χ3v) is 2.22. The number of hydrogen-bond acceptors (Lipinski definition) is 6. The van der Waals surface area contributed by atoms with Gasteiger partial charge < -0.3 is 30.7 Å². The van der Waals surface area contributed by atoms with Crippen molar-refractivity contribution < 1.29 is 15.3 Å². The SMILES string of the molecule is CC(Cl)(Cl)Cl.CCC(C)[O-].CCC(C)[O-].CCC(C)[O-].ClC(Cl)(Cl)Cl.[Al+3].[B]1N[B]N[B]N1. The molecule has 1 fully saturated rings. The van der Waals surface area contributed by atoms with E-state index in [2.05, 4.69) is 15.4 Å². The Morgan fingerprint density at radius 1 is 0.625 bits per heavy atom. The summed E-state index contributed by atoms with van der Waals surface area (Å²) in [6, 6.07) is 0. The molecule has 1 aliphatic rings. The second-order valence-corrected chi connectivity index (χ2v) is 12.1. The summed E-state index contributed by atoms with van der Waals surface area (Å²) in [6.07, 6.45) is 1.15. The second kappa shape index (κ2) is 33.5. The summed E-state index contributed by atoms with van der Waals surface area (Å²) >= 11 is 34.5. The van der Waals surface area contributed by atoms with Crippen LogP contribution in [-0.2, 0) is 0 Å². The first-order chi connectivity index (χ1) is 13.8. The number of halogens is 7. The van der Waals surface area contributed by atoms with Gasteiger partial charge in [0, 0.05) is 0 Å². The largest absolute Gasteiger partial charge is 3.00 e. The minimum atomic E-state index is -1.61. The van der Waals surface area contributed by atoms with Gasteiger partial charge in [-0.3, -0.25) is 0 Å². The Bertz CT molecular complexity index is 278. The molecule has 17 heteroatoms. The smallest absolute Gasteiger partial charge is 0.852 e. The molecule has 0 bridgehead atoms. The van der Waals surface area contributed by atoms with Gasteiger partial charge in [-0.05, 0) is 6.92 Å². The molecule has 32 heavy (non-hydrogen) atoms. The summed E-state index contributed by atoms with van der Waals surface area (Å²) in [5, 5.41) is 38.0. The molecule has 6 nitrogen and oxygen atoms in total. The first-order valence-electron chi connectivity index (χ1n) is 9.34. The van der Waals surface area contributed by atoms with E-state index in [-0.39, 0.29) is 35.7 Å². The summed E-state index contributed by atoms with van der Waals surface area (Å²) in [5.74, 6) is 0. The monoisotopic (exact) mass is 608 g/mol. The third kappa shape index (κ3) is 153. The van der Waals surface area contributed by atoms with Crippen molar-refractivity contribution in [3.63, 3.8) is 0 Å². The molecule has 3 radical (unpaired) electrons. The van der Waals surface area contributed by atoms with Crippen LogP contribution in [0.15, 0.2) is 0 Å². The van der Waals surface area contributed by atoms with E-state index >= 15 is 0 Å². The van der Waals surface area contributed by atoms with Crippen molar-refractivity contribution in [2.75, 3.05) is 0 Å². The van der Waals surface area contributed by atoms with E-state index in [9.17, 15) is 15.3 Å². The van der Waals surface area contributed by atoms with Crippen molar-refractivity contribution in [1.29, 1.82) is 0 Å². The van der Waals surface area contributed by atoms with Gasteiger partial charge in [-0.1, -0.05) is 142 Å². The predicted molar refractivity (Wildman–Crippen MR) is 144 cm³/mol. The summed E-state index contributed by atoms with van der Waals surface area (Å²) in [4.78, 5) is 0. The van der Waals surface area contributed by atoms with Gasteiger partial charge in [0.05, 0.1) is 0 Å². The zero-order valence-electron chi connectivity index (χ0n) is 19.5. The van der Waals surface area contributed by atoms with Crippen LogP contribution in [0.2, 0.25) is 0 Å². The number of nitrogens with one attached hydrogen (secondary N) is 3. The molecule has 187 valence electrons. The molecular weight excluding hydrogens is 578 g/mol. The van der Waals surface area contributed by atoms with Gasteiger partial charge in [0.15, 0.2) is 3.79 Å². The summed E-state index contributed by atoms with van der Waals surface area (Å²) in [7, 11) is 5.16. The van der Waals surface area contributed by atoms with Crippen LogP contribution in [0.3, 0.4) is 0 Å². The standard InChI is InChI=1S/3C4H9O.C2H3Cl3.CCl4.Al.B3H3N3/c3*1-3-4(2)5;1-2(3,4)5;2-1(3,4)5;;1-4-2-6-3-5-1/h3*4H,3H2,1-2H3;1H3;;;4-6H/q3*-1;;;+3;. The fourth-order valence-corrected chi connectivity index (χ4v) is 0.269. The molecule has 0 aliphatic carbocycles. The van der Waals surface area contributed by atoms with Crippen molar-refractivity contribution in [1.82, 2.24) is 15.4 Å². The molecule has 3 N–H and O–H groups in total. The molecule has 3 unspecified atom stereocenters. The van der Waals surface area contributed by atoms with E-state index in [1.807, 2.05) is 20.8 Å². The molecule has 1 heterocycles. The van der Waals surface area contributed by atoms with Gasteiger partial charge in [-0.2, -0.15) is 0 Å². The van der Waals surface area contributed by atoms with Crippen LogP contribution in [0.25, 0.3) is 0 Å². The van der Waals surface area contributed by atoms with E-state index in [1.165, 1.54) is 6.92 Å². The summed E-state index contributed by atoms with van der Waals surface area (Å²) in [5.41, 5.74) is 0. The zero-order chi connectivity index (χ0) is 26.1. The van der Waals surface area contributed by atoms with Gasteiger partial charge in [-0.15, -0.1) is 18.3 Å². The second-order valence-electron chi connectivity index (χ2n) is 5.80. The van der Waals surface area contributed by atoms with Crippen LogP contribution in [0.1, 0.15) is 67.7 Å². The fourth-order valence-electron chi connectivity index (χ4n) is 0.269. The number of hydrogen-bond donors (Lipinski definition) is 3. The van der Waals surface area contributed by atoms with Gasteiger partial charge in [0.25, 0.3) is 25.9 Å². The van der Waals surface area contributed by atoms with Gasteiger partial charge >= 0.3 is 17.4 Å². The van der Waals surface area contributed by atoms with Crippen LogP contribution in [0.4, 0.5) is 0 Å². The van der Waals surface area contributed by atoms with Crippen LogP contribution in [-0.4, -0.2) is 65.4 Å². The Morgan fingerprint density at radius 3 is 0.750 bits per heavy atom. The summed E-state index contributed by atoms with van der Waals surface area (Å²) < 4.78 is -2.69. The van der Waals surface area contributed by atoms with Crippen molar-refractivity contribution in [2.45, 2.75) is 93.1 Å². The van der Waals surface area contributed by atoms with Gasteiger partial charge in [-0.25, -0.2) is 0 Å². The molecule has 1 rings (SSSR count). The maximum absolute atomic E-state index is 9.90. The Hall–Kier alpha value is 2.52. The van der Waals surface area contributed by atoms with Gasteiger partial charge in [0.2, 0.25) is 0 Å². The first-order valence-corrected chi connectivity index (χ1v) is 12.0. The van der Waals surface area contributed by atoms with E-state index in [4.69, 9.17) is 81.2 Å². The van der Waals surface area contributed by atoms with Crippen molar-refractivity contribution in [2.24, 2.45) is 0 Å². The third-order valence-electron chi connectivity index (χ3n) is 2.22. The minimum absolute atomic E-state index is 0. The minimum Gasteiger partial charge on any atom is -0.852 e. The van der Waals surface area contributed by atoms with E-state index < -0.39 is 7.04 Å². The zero-order valence-corrected chi connectivity index (χ0v) is 26.0. The van der Waals surface area contributed by atoms with E-state index in [0.29, 0.717) is 0 Å². The van der Waals surface area contributed by atoms with Crippen LogP contribution in [0, 0.1) is 0 Å². The van der Waals surface area contributed by atoms with Crippen LogP contribution in [0.5, 0.6) is 0 Å². The molecule has 1 aliphatic heterocycles. The van der Waals surface area contributed by atoms with E-state index in [0.717, 1.165) is 19.3 Å². The average molecular weight is 611 g/mol. The Kier molecular flexibility index (Phi) is 49.9. The maximum atomic E-state index is 9.90. The number of alkyl halides is 7. The number of rotatable bonds is 3. The Balaban J connectivity index is -0.0000000631. The van der Waals surface area contributed by atoms with Crippen molar-refractivity contribution >= 4 is 121 Å². The molecular formula is C15H33AlB3Cl7N3O3. The molecule has 0 saturated carbocycles.